The summed E-state index contributed by atoms with van der Waals surface area (Å²) < 4.78 is 1.23. The molecule has 0 amide bonds. The predicted molar refractivity (Wildman–Crippen MR) is 88.1 cm³/mol. The highest BCUT2D eigenvalue weighted by atomic mass is 79.9. The van der Waals surface area contributed by atoms with Crippen LogP contribution in [0.25, 0.3) is 0 Å². The van der Waals surface area contributed by atoms with Crippen molar-refractivity contribution < 1.29 is 0 Å². The lowest BCUT2D eigenvalue weighted by atomic mass is 9.94. The molecule has 0 fully saturated rings. The Hall–Kier alpha value is -0.640. The SMILES string of the molecule is CCNCC(CCc1cccs1)c1ccccc1Br. The lowest BCUT2D eigenvalue weighted by Crippen LogP contribution is -2.21. The molecule has 102 valence electrons. The van der Waals surface area contributed by atoms with Crippen LogP contribution in [0, 0.1) is 0 Å². The second kappa shape index (κ2) is 7.83. The van der Waals surface area contributed by atoms with E-state index in [0.29, 0.717) is 5.92 Å². The van der Waals surface area contributed by atoms with E-state index in [1.54, 1.807) is 0 Å². The fraction of sp³-hybridized carbons (Fsp3) is 0.375. The molecule has 0 saturated heterocycles. The molecule has 0 spiro atoms. The highest BCUT2D eigenvalue weighted by molar-refractivity contribution is 9.10. The molecule has 1 nitrogen and oxygen atoms in total. The van der Waals surface area contributed by atoms with Crippen molar-refractivity contribution in [2.24, 2.45) is 0 Å². The molecule has 0 aliphatic carbocycles. The van der Waals surface area contributed by atoms with Crippen LogP contribution < -0.4 is 5.32 Å². The summed E-state index contributed by atoms with van der Waals surface area (Å²) >= 11 is 5.54. The van der Waals surface area contributed by atoms with Crippen LogP contribution in [0.4, 0.5) is 0 Å². The van der Waals surface area contributed by atoms with E-state index in [1.165, 1.54) is 21.3 Å². The van der Waals surface area contributed by atoms with Gasteiger partial charge in [0.05, 0.1) is 0 Å². The number of thiophene rings is 1. The number of hydrogen-bond acceptors (Lipinski definition) is 2. The number of rotatable bonds is 7. The Morgan fingerprint density at radius 1 is 1.21 bits per heavy atom. The average molecular weight is 338 g/mol. The van der Waals surface area contributed by atoms with Crippen molar-refractivity contribution in [1.29, 1.82) is 0 Å². The monoisotopic (exact) mass is 337 g/mol. The molecule has 1 atom stereocenters. The summed E-state index contributed by atoms with van der Waals surface area (Å²) in [6, 6.07) is 13.0. The number of benzene rings is 1. The minimum atomic E-state index is 0.567. The molecule has 3 heteroatoms. The minimum Gasteiger partial charge on any atom is -0.316 e. The van der Waals surface area contributed by atoms with Crippen LogP contribution in [-0.2, 0) is 6.42 Å². The molecule has 0 radical (unpaired) electrons. The van der Waals surface area contributed by atoms with E-state index in [1.807, 2.05) is 11.3 Å². The van der Waals surface area contributed by atoms with Gasteiger partial charge in [0.1, 0.15) is 0 Å². The van der Waals surface area contributed by atoms with Gasteiger partial charge in [-0.1, -0.05) is 47.1 Å². The minimum absolute atomic E-state index is 0.567. The first-order valence-corrected chi connectivity index (χ1v) is 8.46. The van der Waals surface area contributed by atoms with Gasteiger partial charge in [-0.15, -0.1) is 11.3 Å². The molecule has 0 bridgehead atoms. The van der Waals surface area contributed by atoms with Crippen LogP contribution in [0.5, 0.6) is 0 Å². The second-order valence-corrected chi connectivity index (χ2v) is 6.53. The van der Waals surface area contributed by atoms with Crippen molar-refractivity contribution in [1.82, 2.24) is 5.32 Å². The Balaban J connectivity index is 2.05. The van der Waals surface area contributed by atoms with Gasteiger partial charge in [0.15, 0.2) is 0 Å². The van der Waals surface area contributed by atoms with Crippen LogP contribution in [0.2, 0.25) is 0 Å². The molecule has 0 saturated carbocycles. The fourth-order valence-corrected chi connectivity index (χ4v) is 3.60. The smallest absolute Gasteiger partial charge is 0.0210 e. The molecule has 1 aromatic carbocycles. The molecule has 2 rings (SSSR count). The van der Waals surface area contributed by atoms with Gasteiger partial charge in [0.2, 0.25) is 0 Å². The Bertz CT molecular complexity index is 481. The predicted octanol–water partition coefficient (Wildman–Crippen LogP) is 4.84. The summed E-state index contributed by atoms with van der Waals surface area (Å²) in [7, 11) is 0. The van der Waals surface area contributed by atoms with E-state index >= 15 is 0 Å². The zero-order valence-corrected chi connectivity index (χ0v) is 13.6. The van der Waals surface area contributed by atoms with E-state index in [-0.39, 0.29) is 0 Å². The van der Waals surface area contributed by atoms with Gasteiger partial charge in [0.25, 0.3) is 0 Å². The van der Waals surface area contributed by atoms with Gasteiger partial charge in [-0.25, -0.2) is 0 Å². The molecule has 1 unspecified atom stereocenters. The van der Waals surface area contributed by atoms with Crippen molar-refractivity contribution >= 4 is 27.3 Å². The topological polar surface area (TPSA) is 12.0 Å². The molecule has 19 heavy (non-hydrogen) atoms. The van der Waals surface area contributed by atoms with Crippen LogP contribution in [0.15, 0.2) is 46.3 Å². The number of likely N-dealkylation sites (N-methyl/N-ethyl adjacent to an activating group) is 1. The lowest BCUT2D eigenvalue weighted by Gasteiger charge is -2.19. The molecular formula is C16H20BrNS. The maximum atomic E-state index is 3.68. The van der Waals surface area contributed by atoms with E-state index in [0.717, 1.165) is 19.5 Å². The van der Waals surface area contributed by atoms with Crippen molar-refractivity contribution in [3.63, 3.8) is 0 Å². The standard InChI is InChI=1S/C16H20BrNS/c1-2-18-12-13(9-10-14-6-5-11-19-14)15-7-3-4-8-16(15)17/h3-8,11,13,18H,2,9-10,12H2,1H3. The second-order valence-electron chi connectivity index (χ2n) is 4.64. The van der Waals surface area contributed by atoms with Crippen LogP contribution >= 0.6 is 27.3 Å². The summed E-state index contributed by atoms with van der Waals surface area (Å²) in [4.78, 5) is 1.48. The summed E-state index contributed by atoms with van der Waals surface area (Å²) in [5, 5.41) is 5.65. The molecule has 1 heterocycles. The zero-order chi connectivity index (χ0) is 13.5. The van der Waals surface area contributed by atoms with Crippen molar-refractivity contribution in [3.8, 4) is 0 Å². The van der Waals surface area contributed by atoms with Crippen LogP contribution in [0.3, 0.4) is 0 Å². The van der Waals surface area contributed by atoms with Crippen molar-refractivity contribution in [2.75, 3.05) is 13.1 Å². The number of halogens is 1. The van der Waals surface area contributed by atoms with Gasteiger partial charge in [0, 0.05) is 15.9 Å². The van der Waals surface area contributed by atoms with Gasteiger partial charge in [-0.2, -0.15) is 0 Å². The summed E-state index contributed by atoms with van der Waals surface area (Å²) in [5.74, 6) is 0.567. The Labute approximate surface area is 128 Å². The first-order chi connectivity index (χ1) is 9.31. The van der Waals surface area contributed by atoms with Gasteiger partial charge in [-0.05, 0) is 48.4 Å². The molecule has 2 aromatic rings. The molecule has 0 aliphatic heterocycles. The molecule has 0 aliphatic rings. The third-order valence-corrected chi connectivity index (χ3v) is 4.96. The summed E-state index contributed by atoms with van der Waals surface area (Å²) in [6.45, 7) is 4.24. The van der Waals surface area contributed by atoms with E-state index in [4.69, 9.17) is 0 Å². The Kier molecular flexibility index (Phi) is 6.08. The highest BCUT2D eigenvalue weighted by Crippen LogP contribution is 2.28. The molecule has 1 aromatic heterocycles. The third-order valence-electron chi connectivity index (χ3n) is 3.31. The average Bonchev–Trinajstić information content (AvgIpc) is 2.93. The lowest BCUT2D eigenvalue weighted by molar-refractivity contribution is 0.562. The fourth-order valence-electron chi connectivity index (χ4n) is 2.26. The van der Waals surface area contributed by atoms with Gasteiger partial charge in [-0.3, -0.25) is 0 Å². The third kappa shape index (κ3) is 4.44. The number of hydrogen-bond donors (Lipinski definition) is 1. The van der Waals surface area contributed by atoms with Gasteiger partial charge >= 0.3 is 0 Å². The van der Waals surface area contributed by atoms with E-state index < -0.39 is 0 Å². The van der Waals surface area contributed by atoms with Gasteiger partial charge < -0.3 is 5.32 Å². The Morgan fingerprint density at radius 2 is 2.05 bits per heavy atom. The maximum absolute atomic E-state index is 3.68. The van der Waals surface area contributed by atoms with Crippen molar-refractivity contribution in [3.05, 3.63) is 56.7 Å². The Morgan fingerprint density at radius 3 is 2.74 bits per heavy atom. The van der Waals surface area contributed by atoms with Crippen LogP contribution in [0.1, 0.15) is 29.7 Å². The first kappa shape index (κ1) is 14.8. The van der Waals surface area contributed by atoms with Crippen molar-refractivity contribution in [2.45, 2.75) is 25.7 Å². The summed E-state index contributed by atoms with van der Waals surface area (Å²) in [6.07, 6.45) is 2.35. The van der Waals surface area contributed by atoms with E-state index in [9.17, 15) is 0 Å². The number of aryl methyl sites for hydroxylation is 1. The number of nitrogens with one attached hydrogen (secondary N) is 1. The maximum Gasteiger partial charge on any atom is 0.0210 e. The normalized spacial score (nSPS) is 12.5. The summed E-state index contributed by atoms with van der Waals surface area (Å²) in [5.41, 5.74) is 1.42. The van der Waals surface area contributed by atoms with Crippen LogP contribution in [-0.4, -0.2) is 13.1 Å². The molecular weight excluding hydrogens is 318 g/mol. The highest BCUT2D eigenvalue weighted by Gasteiger charge is 2.14. The first-order valence-electron chi connectivity index (χ1n) is 6.78. The quantitative estimate of drug-likeness (QED) is 0.762. The largest absolute Gasteiger partial charge is 0.316 e. The zero-order valence-electron chi connectivity index (χ0n) is 11.2. The van der Waals surface area contributed by atoms with E-state index in [2.05, 4.69) is 69.9 Å². The molecule has 1 N–H and O–H groups in total.